The van der Waals surface area contributed by atoms with Crippen LogP contribution in [0.3, 0.4) is 0 Å². The molecule has 0 spiro atoms. The van der Waals surface area contributed by atoms with Crippen LogP contribution in [-0.4, -0.2) is 30.0 Å². The highest BCUT2D eigenvalue weighted by molar-refractivity contribution is 5.98. The van der Waals surface area contributed by atoms with Crippen molar-refractivity contribution in [1.82, 2.24) is 10.3 Å². The highest BCUT2D eigenvalue weighted by Gasteiger charge is 2.24. The minimum Gasteiger partial charge on any atom is -0.467 e. The molecule has 7 nitrogen and oxygen atoms in total. The molecular weight excluding hydrogens is 612 g/mol. The molecule has 6 aromatic rings. The normalized spacial score (nSPS) is 11.8. The Hall–Kier alpha value is -5.95. The Morgan fingerprint density at radius 3 is 2.10 bits per heavy atom. The smallest absolute Gasteiger partial charge is 0.328 e. The number of amides is 1. The largest absolute Gasteiger partial charge is 0.467 e. The number of esters is 1. The Morgan fingerprint density at radius 2 is 1.39 bits per heavy atom. The monoisotopic (exact) mass is 650 g/mol. The maximum Gasteiger partial charge on any atom is 0.328 e. The molecule has 0 saturated heterocycles. The van der Waals surface area contributed by atoms with Crippen LogP contribution in [0.2, 0.25) is 0 Å². The van der Waals surface area contributed by atoms with Crippen LogP contribution in [0.4, 0.5) is 0 Å². The van der Waals surface area contributed by atoms with E-state index in [4.69, 9.17) is 14.2 Å². The number of fused-ring (bicyclic) bond motifs is 1. The van der Waals surface area contributed by atoms with Crippen LogP contribution in [-0.2, 0) is 21.4 Å². The number of aromatic nitrogens is 1. The van der Waals surface area contributed by atoms with Gasteiger partial charge in [0.1, 0.15) is 34.7 Å². The van der Waals surface area contributed by atoms with Crippen LogP contribution < -0.4 is 14.8 Å². The van der Waals surface area contributed by atoms with E-state index < -0.39 is 17.9 Å². The molecule has 1 amide bonds. The number of benzene rings is 5. The number of carbonyl (C=O) groups excluding carboxylic acids is 2. The Morgan fingerprint density at radius 1 is 0.714 bits per heavy atom. The minimum atomic E-state index is -0.916. The van der Waals surface area contributed by atoms with E-state index in [9.17, 15) is 9.59 Å². The van der Waals surface area contributed by atoms with Gasteiger partial charge in [0.2, 0.25) is 0 Å². The average molecular weight is 651 g/mol. The van der Waals surface area contributed by atoms with Crippen LogP contribution in [0.15, 0.2) is 134 Å². The summed E-state index contributed by atoms with van der Waals surface area (Å²) >= 11 is 0. The van der Waals surface area contributed by atoms with E-state index in [2.05, 4.69) is 43.2 Å². The third-order valence-corrected chi connectivity index (χ3v) is 8.24. The fourth-order valence-corrected chi connectivity index (χ4v) is 5.50. The summed E-state index contributed by atoms with van der Waals surface area (Å²) in [5.41, 5.74) is 4.19. The second-order valence-electron chi connectivity index (χ2n) is 12.8. The van der Waals surface area contributed by atoms with Crippen molar-refractivity contribution in [1.29, 1.82) is 0 Å². The highest BCUT2D eigenvalue weighted by Crippen LogP contribution is 2.34. The molecule has 1 N–H and O–H groups in total. The van der Waals surface area contributed by atoms with Gasteiger partial charge in [-0.15, -0.1) is 0 Å². The lowest BCUT2D eigenvalue weighted by Crippen LogP contribution is -2.43. The second kappa shape index (κ2) is 14.4. The zero-order chi connectivity index (χ0) is 34.4. The Bertz CT molecular complexity index is 2070. The average Bonchev–Trinajstić information content (AvgIpc) is 3.11. The minimum absolute atomic E-state index is 0.0500. The standard InChI is InChI=1S/C42H38N2O5/c1-42(2,3)32-19-22-34(23-20-32)48-35-21-18-30-27-43-37(26-31(30)25-35)40(45)44-38(41(46)47-4)24-28-14-16-29(17-15-28)36-12-8-9-13-39(36)49-33-10-6-5-7-11-33/h5-23,25-27,38H,24H2,1-4H3,(H,44,45)/t38-/m0/s1. The lowest BCUT2D eigenvalue weighted by atomic mass is 9.87. The van der Waals surface area contributed by atoms with Gasteiger partial charge < -0.3 is 19.5 Å². The predicted octanol–water partition coefficient (Wildman–Crippen LogP) is 9.30. The van der Waals surface area contributed by atoms with Crippen molar-refractivity contribution < 1.29 is 23.8 Å². The lowest BCUT2D eigenvalue weighted by Gasteiger charge is -2.19. The molecule has 49 heavy (non-hydrogen) atoms. The van der Waals surface area contributed by atoms with Crippen LogP contribution in [0.1, 0.15) is 42.4 Å². The molecule has 0 aliphatic carbocycles. The summed E-state index contributed by atoms with van der Waals surface area (Å²) < 4.78 is 17.3. The summed E-state index contributed by atoms with van der Waals surface area (Å²) in [5, 5.41) is 4.46. The lowest BCUT2D eigenvalue weighted by molar-refractivity contribution is -0.142. The van der Waals surface area contributed by atoms with Gasteiger partial charge in [0.15, 0.2) is 0 Å². The zero-order valence-electron chi connectivity index (χ0n) is 28.0. The van der Waals surface area contributed by atoms with Crippen LogP contribution in [0.5, 0.6) is 23.0 Å². The summed E-state index contributed by atoms with van der Waals surface area (Å²) in [6, 6.07) is 39.7. The number of hydrogen-bond donors (Lipinski definition) is 1. The quantitative estimate of drug-likeness (QED) is 0.149. The molecule has 5 aromatic carbocycles. The molecule has 0 bridgehead atoms. The van der Waals surface area contributed by atoms with E-state index in [0.717, 1.165) is 44.7 Å². The number of carbonyl (C=O) groups is 2. The van der Waals surface area contributed by atoms with Crippen LogP contribution in [0, 0.1) is 0 Å². The first kappa shape index (κ1) is 33.0. The number of nitrogens with one attached hydrogen (secondary N) is 1. The second-order valence-corrected chi connectivity index (χ2v) is 12.8. The molecular formula is C42H38N2O5. The van der Waals surface area contributed by atoms with Crippen molar-refractivity contribution in [2.75, 3.05) is 7.11 Å². The fourth-order valence-electron chi connectivity index (χ4n) is 5.50. The van der Waals surface area contributed by atoms with Crippen molar-refractivity contribution in [3.63, 3.8) is 0 Å². The van der Waals surface area contributed by atoms with E-state index >= 15 is 0 Å². The van der Waals surface area contributed by atoms with Crippen molar-refractivity contribution in [2.45, 2.75) is 38.6 Å². The number of para-hydroxylation sites is 2. The number of rotatable bonds is 10. The van der Waals surface area contributed by atoms with Gasteiger partial charge in [0.05, 0.1) is 7.11 Å². The van der Waals surface area contributed by atoms with Gasteiger partial charge in [-0.2, -0.15) is 0 Å². The highest BCUT2D eigenvalue weighted by atomic mass is 16.5. The maximum absolute atomic E-state index is 13.4. The van der Waals surface area contributed by atoms with Gasteiger partial charge in [0, 0.05) is 23.6 Å². The van der Waals surface area contributed by atoms with Crippen LogP contribution >= 0.6 is 0 Å². The number of methoxy groups -OCH3 is 1. The molecule has 6 rings (SSSR count). The maximum atomic E-state index is 13.4. The van der Waals surface area contributed by atoms with Crippen molar-refractivity contribution in [3.8, 4) is 34.1 Å². The first-order valence-electron chi connectivity index (χ1n) is 16.1. The summed E-state index contributed by atoms with van der Waals surface area (Å²) in [5.74, 6) is 1.81. The molecule has 246 valence electrons. The summed E-state index contributed by atoms with van der Waals surface area (Å²) in [7, 11) is 1.31. The Balaban J connectivity index is 1.15. The molecule has 0 aliphatic heterocycles. The molecule has 0 radical (unpaired) electrons. The summed E-state index contributed by atoms with van der Waals surface area (Å²) in [6.07, 6.45) is 1.87. The van der Waals surface area contributed by atoms with Gasteiger partial charge in [-0.25, -0.2) is 4.79 Å². The number of nitrogens with zero attached hydrogens (tertiary/aromatic N) is 1. The van der Waals surface area contributed by atoms with E-state index in [0.29, 0.717) is 5.75 Å². The molecule has 0 fully saturated rings. The van der Waals surface area contributed by atoms with E-state index in [1.807, 2.05) is 109 Å². The molecule has 1 heterocycles. The Kier molecular flexibility index (Phi) is 9.72. The first-order valence-corrected chi connectivity index (χ1v) is 16.1. The van der Waals surface area contributed by atoms with Crippen molar-refractivity contribution >= 4 is 22.6 Å². The third kappa shape index (κ3) is 8.14. The fraction of sp³-hybridized carbons (Fsp3) is 0.167. The molecule has 0 aliphatic rings. The summed E-state index contributed by atoms with van der Waals surface area (Å²) in [4.78, 5) is 30.6. The van der Waals surface area contributed by atoms with E-state index in [-0.39, 0.29) is 17.5 Å². The third-order valence-electron chi connectivity index (χ3n) is 8.24. The molecule has 0 saturated carbocycles. The van der Waals surface area contributed by atoms with Crippen molar-refractivity contribution in [2.24, 2.45) is 0 Å². The zero-order valence-corrected chi connectivity index (χ0v) is 28.0. The predicted molar refractivity (Wildman–Crippen MR) is 192 cm³/mol. The molecule has 1 atom stereocenters. The van der Waals surface area contributed by atoms with Crippen LogP contribution in [0.25, 0.3) is 21.9 Å². The van der Waals surface area contributed by atoms with E-state index in [1.54, 1.807) is 12.3 Å². The SMILES string of the molecule is COC(=O)[C@H](Cc1ccc(-c2ccccc2Oc2ccccc2)cc1)NC(=O)c1cc2cc(Oc3ccc(C(C)(C)C)cc3)ccc2cn1. The summed E-state index contributed by atoms with van der Waals surface area (Å²) in [6.45, 7) is 6.51. The topological polar surface area (TPSA) is 86.8 Å². The van der Waals surface area contributed by atoms with Gasteiger partial charge in [-0.1, -0.05) is 93.6 Å². The van der Waals surface area contributed by atoms with Gasteiger partial charge in [-0.05, 0) is 82.1 Å². The number of ether oxygens (including phenoxy) is 3. The number of pyridine rings is 1. The van der Waals surface area contributed by atoms with Gasteiger partial charge in [0.25, 0.3) is 5.91 Å². The van der Waals surface area contributed by atoms with Gasteiger partial charge in [-0.3, -0.25) is 9.78 Å². The molecule has 0 unspecified atom stereocenters. The van der Waals surface area contributed by atoms with Crippen molar-refractivity contribution in [3.05, 3.63) is 150 Å². The number of hydrogen-bond acceptors (Lipinski definition) is 6. The molecule has 1 aromatic heterocycles. The Labute approximate surface area is 286 Å². The van der Waals surface area contributed by atoms with E-state index in [1.165, 1.54) is 12.7 Å². The van der Waals surface area contributed by atoms with Gasteiger partial charge >= 0.3 is 5.97 Å². The molecule has 7 heteroatoms. The first-order chi connectivity index (χ1) is 23.7.